The van der Waals surface area contributed by atoms with Gasteiger partial charge in [-0.25, -0.2) is 19.9 Å². The lowest BCUT2D eigenvalue weighted by molar-refractivity contribution is 1.12. The summed E-state index contributed by atoms with van der Waals surface area (Å²) < 4.78 is 1.07. The molecule has 5 nitrogen and oxygen atoms in total. The third-order valence-electron chi connectivity index (χ3n) is 1.99. The first-order chi connectivity index (χ1) is 7.92. The van der Waals surface area contributed by atoms with Gasteiger partial charge in [-0.05, 0) is 17.5 Å². The molecule has 0 atom stereocenters. The van der Waals surface area contributed by atoms with Crippen molar-refractivity contribution < 1.29 is 0 Å². The first kappa shape index (κ1) is 9.17. The van der Waals surface area contributed by atoms with Crippen molar-refractivity contribution in [1.29, 1.82) is 0 Å². The number of hydrogen-bond donors (Lipinski definition) is 1. The molecular formula is C10H7N5S. The molecule has 0 fully saturated rings. The van der Waals surface area contributed by atoms with Crippen molar-refractivity contribution in [1.82, 2.24) is 19.9 Å². The minimum atomic E-state index is 0.497. The van der Waals surface area contributed by atoms with Gasteiger partial charge in [-0.3, -0.25) is 5.32 Å². The Hall–Kier alpha value is -2.08. The van der Waals surface area contributed by atoms with Crippen molar-refractivity contribution in [2.45, 2.75) is 0 Å². The lowest BCUT2D eigenvalue weighted by Gasteiger charge is -2.01. The van der Waals surface area contributed by atoms with Crippen LogP contribution in [0.4, 0.5) is 11.9 Å². The highest BCUT2D eigenvalue weighted by molar-refractivity contribution is 7.17. The van der Waals surface area contributed by atoms with Gasteiger partial charge in [0, 0.05) is 12.4 Å². The van der Waals surface area contributed by atoms with E-state index in [1.807, 2.05) is 11.4 Å². The molecule has 0 radical (unpaired) electrons. The summed E-state index contributed by atoms with van der Waals surface area (Å²) in [6.07, 6.45) is 5.12. The molecule has 0 saturated heterocycles. The number of fused-ring (bicyclic) bond motifs is 1. The fourth-order valence-corrected chi connectivity index (χ4v) is 1.98. The summed E-state index contributed by atoms with van der Waals surface area (Å²) in [7, 11) is 0. The first-order valence-corrected chi connectivity index (χ1v) is 5.54. The van der Waals surface area contributed by atoms with Crippen LogP contribution in [0.15, 0.2) is 36.1 Å². The summed E-state index contributed by atoms with van der Waals surface area (Å²) in [4.78, 5) is 16.6. The zero-order chi connectivity index (χ0) is 10.8. The summed E-state index contributed by atoms with van der Waals surface area (Å²) >= 11 is 1.62. The smallest absolute Gasteiger partial charge is 0.230 e. The number of rotatable bonds is 2. The van der Waals surface area contributed by atoms with Gasteiger partial charge in [0.25, 0.3) is 0 Å². The van der Waals surface area contributed by atoms with E-state index in [0.29, 0.717) is 11.9 Å². The number of aromatic nitrogens is 4. The molecule has 1 N–H and O–H groups in total. The van der Waals surface area contributed by atoms with E-state index in [-0.39, 0.29) is 0 Å². The van der Waals surface area contributed by atoms with Crippen LogP contribution in [-0.4, -0.2) is 19.9 Å². The second kappa shape index (κ2) is 3.82. The Morgan fingerprint density at radius 3 is 2.81 bits per heavy atom. The standard InChI is InChI=1S/C10H7N5S/c1-3-11-9(12-4-1)15-10-13-6-8-7(14-10)2-5-16-8/h1-6H,(H,11,12,13,14,15). The number of nitrogens with zero attached hydrogens (tertiary/aromatic N) is 4. The highest BCUT2D eigenvalue weighted by Crippen LogP contribution is 2.19. The van der Waals surface area contributed by atoms with Gasteiger partial charge in [-0.15, -0.1) is 11.3 Å². The molecule has 3 rings (SSSR count). The van der Waals surface area contributed by atoms with Gasteiger partial charge in [-0.1, -0.05) is 0 Å². The lowest BCUT2D eigenvalue weighted by atomic mass is 10.5. The molecule has 0 unspecified atom stereocenters. The molecule has 0 aromatic carbocycles. The van der Waals surface area contributed by atoms with Crippen LogP contribution < -0.4 is 5.32 Å². The molecule has 0 aliphatic heterocycles. The average molecular weight is 229 g/mol. The van der Waals surface area contributed by atoms with E-state index in [4.69, 9.17) is 0 Å². The molecule has 0 saturated carbocycles. The maximum absolute atomic E-state index is 4.34. The zero-order valence-electron chi connectivity index (χ0n) is 8.16. The SMILES string of the molecule is c1cnc(Nc2ncc3sccc3n2)nc1. The second-order valence-corrected chi connectivity index (χ2v) is 4.01. The molecule has 3 aromatic heterocycles. The predicted molar refractivity (Wildman–Crippen MR) is 62.7 cm³/mol. The minimum absolute atomic E-state index is 0.497. The molecule has 0 amide bonds. The second-order valence-electron chi connectivity index (χ2n) is 3.06. The Morgan fingerprint density at radius 1 is 1.06 bits per heavy atom. The third kappa shape index (κ3) is 1.70. The summed E-state index contributed by atoms with van der Waals surface area (Å²) in [6, 6.07) is 3.72. The van der Waals surface area contributed by atoms with Gasteiger partial charge in [0.15, 0.2) is 0 Å². The topological polar surface area (TPSA) is 63.6 Å². The Balaban J connectivity index is 1.94. The van der Waals surface area contributed by atoms with Crippen LogP contribution in [-0.2, 0) is 0 Å². The van der Waals surface area contributed by atoms with E-state index in [0.717, 1.165) is 10.2 Å². The van der Waals surface area contributed by atoms with Crippen molar-refractivity contribution in [3.63, 3.8) is 0 Å². The fraction of sp³-hybridized carbons (Fsp3) is 0. The van der Waals surface area contributed by atoms with E-state index in [1.165, 1.54) is 0 Å². The Kier molecular flexibility index (Phi) is 2.19. The van der Waals surface area contributed by atoms with E-state index < -0.39 is 0 Å². The van der Waals surface area contributed by atoms with Crippen LogP contribution in [0.3, 0.4) is 0 Å². The van der Waals surface area contributed by atoms with Gasteiger partial charge in [0.1, 0.15) is 0 Å². The van der Waals surface area contributed by atoms with E-state index >= 15 is 0 Å². The van der Waals surface area contributed by atoms with Gasteiger partial charge >= 0.3 is 0 Å². The number of nitrogens with one attached hydrogen (secondary N) is 1. The number of thiophene rings is 1. The third-order valence-corrected chi connectivity index (χ3v) is 2.83. The quantitative estimate of drug-likeness (QED) is 0.730. The normalized spacial score (nSPS) is 10.5. The van der Waals surface area contributed by atoms with Crippen molar-refractivity contribution in [3.8, 4) is 0 Å². The van der Waals surface area contributed by atoms with Crippen molar-refractivity contribution in [2.75, 3.05) is 5.32 Å². The van der Waals surface area contributed by atoms with E-state index in [9.17, 15) is 0 Å². The summed E-state index contributed by atoms with van der Waals surface area (Å²) in [5.41, 5.74) is 0.929. The average Bonchev–Trinajstić information content (AvgIpc) is 2.77. The molecule has 0 aliphatic carbocycles. The van der Waals surface area contributed by atoms with Crippen LogP contribution >= 0.6 is 11.3 Å². The summed E-state index contributed by atoms with van der Waals surface area (Å²) in [6.45, 7) is 0. The molecule has 6 heteroatoms. The van der Waals surface area contributed by atoms with Crippen molar-refractivity contribution in [3.05, 3.63) is 36.1 Å². The largest absolute Gasteiger partial charge is 0.293 e. The molecule has 3 aromatic rings. The highest BCUT2D eigenvalue weighted by atomic mass is 32.1. The van der Waals surface area contributed by atoms with Crippen LogP contribution in [0.2, 0.25) is 0 Å². The van der Waals surface area contributed by atoms with Gasteiger partial charge in [-0.2, -0.15) is 0 Å². The highest BCUT2D eigenvalue weighted by Gasteiger charge is 2.02. The molecule has 16 heavy (non-hydrogen) atoms. The number of anilines is 2. The van der Waals surface area contributed by atoms with Crippen LogP contribution in [0, 0.1) is 0 Å². The Bertz CT molecular complexity index is 607. The zero-order valence-corrected chi connectivity index (χ0v) is 8.98. The number of hydrogen-bond acceptors (Lipinski definition) is 6. The van der Waals surface area contributed by atoms with Crippen LogP contribution in [0.25, 0.3) is 10.2 Å². The molecule has 0 bridgehead atoms. The first-order valence-electron chi connectivity index (χ1n) is 4.66. The van der Waals surface area contributed by atoms with Gasteiger partial charge in [0.05, 0.1) is 16.4 Å². The molecule has 0 spiro atoms. The molecule has 0 aliphatic rings. The summed E-state index contributed by atoms with van der Waals surface area (Å²) in [5.74, 6) is 1.01. The minimum Gasteiger partial charge on any atom is -0.293 e. The Morgan fingerprint density at radius 2 is 1.94 bits per heavy atom. The maximum Gasteiger partial charge on any atom is 0.230 e. The lowest BCUT2D eigenvalue weighted by Crippen LogP contribution is -1.99. The molecule has 3 heterocycles. The maximum atomic E-state index is 4.34. The fourth-order valence-electron chi connectivity index (χ4n) is 1.29. The Labute approximate surface area is 95.2 Å². The van der Waals surface area contributed by atoms with Crippen molar-refractivity contribution >= 4 is 33.5 Å². The monoisotopic (exact) mass is 229 g/mol. The predicted octanol–water partition coefficient (Wildman–Crippen LogP) is 2.22. The van der Waals surface area contributed by atoms with E-state index in [2.05, 4.69) is 25.3 Å². The molecule has 78 valence electrons. The summed E-state index contributed by atoms with van der Waals surface area (Å²) in [5, 5.41) is 4.93. The molecular weight excluding hydrogens is 222 g/mol. The van der Waals surface area contributed by atoms with E-state index in [1.54, 1.807) is 36.0 Å². The van der Waals surface area contributed by atoms with Gasteiger partial charge in [0.2, 0.25) is 11.9 Å². The van der Waals surface area contributed by atoms with Crippen LogP contribution in [0.5, 0.6) is 0 Å². The van der Waals surface area contributed by atoms with Gasteiger partial charge < -0.3 is 0 Å². The van der Waals surface area contributed by atoms with Crippen LogP contribution in [0.1, 0.15) is 0 Å². The van der Waals surface area contributed by atoms with Crippen molar-refractivity contribution in [2.24, 2.45) is 0 Å².